The van der Waals surface area contributed by atoms with Crippen molar-refractivity contribution in [2.45, 2.75) is 70.4 Å². The molecule has 126 valence electrons. The van der Waals surface area contributed by atoms with Crippen LogP contribution in [0.5, 0.6) is 0 Å². The van der Waals surface area contributed by atoms with E-state index >= 15 is 0 Å². The summed E-state index contributed by atoms with van der Waals surface area (Å²) in [6, 6.07) is 0.652. The zero-order chi connectivity index (χ0) is 15.8. The van der Waals surface area contributed by atoms with Gasteiger partial charge in [-0.2, -0.15) is 0 Å². The molecule has 0 bridgehead atoms. The SMILES string of the molecule is Cc1cn2c(n1)C(CNC(=O)N1CC[C@H]3CCCC[C@H]31)CCC2. The molecule has 1 N–H and O–H groups in total. The monoisotopic (exact) mass is 316 g/mol. The van der Waals surface area contributed by atoms with Crippen molar-refractivity contribution in [1.29, 1.82) is 0 Å². The lowest BCUT2D eigenvalue weighted by molar-refractivity contribution is 0.169. The number of urea groups is 1. The van der Waals surface area contributed by atoms with Gasteiger partial charge < -0.3 is 14.8 Å². The first-order valence-corrected chi connectivity index (χ1v) is 9.30. The first-order chi connectivity index (χ1) is 11.2. The minimum atomic E-state index is 0.153. The van der Waals surface area contributed by atoms with E-state index in [0.717, 1.165) is 43.5 Å². The van der Waals surface area contributed by atoms with E-state index in [1.807, 2.05) is 0 Å². The molecule has 3 atom stereocenters. The minimum Gasteiger partial charge on any atom is -0.337 e. The van der Waals surface area contributed by atoms with Crippen molar-refractivity contribution in [2.24, 2.45) is 5.92 Å². The van der Waals surface area contributed by atoms with E-state index in [0.29, 0.717) is 12.0 Å². The summed E-state index contributed by atoms with van der Waals surface area (Å²) < 4.78 is 2.27. The molecule has 1 aromatic rings. The summed E-state index contributed by atoms with van der Waals surface area (Å²) in [6.45, 7) is 4.79. The summed E-state index contributed by atoms with van der Waals surface area (Å²) in [5.41, 5.74) is 1.09. The summed E-state index contributed by atoms with van der Waals surface area (Å²) in [5, 5.41) is 3.21. The maximum atomic E-state index is 12.6. The molecule has 4 rings (SSSR count). The van der Waals surface area contributed by atoms with Crippen molar-refractivity contribution >= 4 is 6.03 Å². The number of aryl methyl sites for hydroxylation is 2. The van der Waals surface area contributed by atoms with Crippen LogP contribution in [-0.4, -0.2) is 39.6 Å². The third-order valence-electron chi connectivity index (χ3n) is 6.02. The standard InChI is InChI=1S/C18H28N4O/c1-13-12-21-9-4-6-15(17(21)20-13)11-19-18(23)22-10-8-14-5-2-3-7-16(14)22/h12,14-16H,2-11H2,1H3,(H,19,23)/t14-,15?,16-/m1/s1. The molecule has 5 nitrogen and oxygen atoms in total. The van der Waals surface area contributed by atoms with E-state index in [2.05, 4.69) is 32.9 Å². The van der Waals surface area contributed by atoms with Crippen molar-refractivity contribution in [1.82, 2.24) is 19.8 Å². The summed E-state index contributed by atoms with van der Waals surface area (Å²) in [6.07, 6.45) is 10.8. The summed E-state index contributed by atoms with van der Waals surface area (Å²) in [5.74, 6) is 2.28. The number of carbonyl (C=O) groups is 1. The minimum absolute atomic E-state index is 0.153. The van der Waals surface area contributed by atoms with E-state index in [4.69, 9.17) is 0 Å². The fourth-order valence-electron chi connectivity index (χ4n) is 4.87. The molecule has 1 unspecified atom stereocenters. The van der Waals surface area contributed by atoms with Gasteiger partial charge >= 0.3 is 6.03 Å². The first-order valence-electron chi connectivity index (χ1n) is 9.30. The number of amides is 2. The predicted octanol–water partition coefficient (Wildman–Crippen LogP) is 3.04. The number of nitrogens with zero attached hydrogens (tertiary/aromatic N) is 3. The largest absolute Gasteiger partial charge is 0.337 e. The van der Waals surface area contributed by atoms with Gasteiger partial charge in [0.25, 0.3) is 0 Å². The maximum Gasteiger partial charge on any atom is 0.317 e. The average molecular weight is 316 g/mol. The Hall–Kier alpha value is -1.52. The van der Waals surface area contributed by atoms with Crippen molar-refractivity contribution in [2.75, 3.05) is 13.1 Å². The highest BCUT2D eigenvalue weighted by atomic mass is 16.2. The van der Waals surface area contributed by atoms with E-state index in [1.54, 1.807) is 0 Å². The Bertz CT molecular complexity index is 582. The van der Waals surface area contributed by atoms with Gasteiger partial charge in [0.15, 0.2) is 0 Å². The van der Waals surface area contributed by atoms with E-state index < -0.39 is 0 Å². The Morgan fingerprint density at radius 3 is 3.00 bits per heavy atom. The average Bonchev–Trinajstić information content (AvgIpc) is 3.15. The van der Waals surface area contributed by atoms with Crippen molar-refractivity contribution < 1.29 is 4.79 Å². The normalized spacial score (nSPS) is 30.0. The van der Waals surface area contributed by atoms with Crippen LogP contribution in [0.4, 0.5) is 4.79 Å². The molecule has 23 heavy (non-hydrogen) atoms. The van der Waals surface area contributed by atoms with E-state index in [-0.39, 0.29) is 6.03 Å². The second-order valence-electron chi connectivity index (χ2n) is 7.55. The predicted molar refractivity (Wildman–Crippen MR) is 89.4 cm³/mol. The van der Waals surface area contributed by atoms with Crippen molar-refractivity contribution in [3.8, 4) is 0 Å². The molecule has 1 aromatic heterocycles. The molecular formula is C18H28N4O. The van der Waals surface area contributed by atoms with Crippen LogP contribution in [0.3, 0.4) is 0 Å². The number of likely N-dealkylation sites (tertiary alicyclic amines) is 1. The summed E-state index contributed by atoms with van der Waals surface area (Å²) in [7, 11) is 0. The molecule has 0 radical (unpaired) electrons. The van der Waals surface area contributed by atoms with Crippen LogP contribution in [0, 0.1) is 12.8 Å². The van der Waals surface area contributed by atoms with Crippen LogP contribution in [0.1, 0.15) is 62.4 Å². The number of aromatic nitrogens is 2. The number of hydrogen-bond donors (Lipinski definition) is 1. The van der Waals surface area contributed by atoms with Crippen LogP contribution >= 0.6 is 0 Å². The highest BCUT2D eigenvalue weighted by Gasteiger charge is 2.38. The lowest BCUT2D eigenvalue weighted by Gasteiger charge is -2.32. The van der Waals surface area contributed by atoms with Gasteiger partial charge in [0.1, 0.15) is 5.82 Å². The Labute approximate surface area is 138 Å². The van der Waals surface area contributed by atoms with Gasteiger partial charge in [-0.15, -0.1) is 0 Å². The highest BCUT2D eigenvalue weighted by Crippen LogP contribution is 2.36. The zero-order valence-electron chi connectivity index (χ0n) is 14.1. The fraction of sp³-hybridized carbons (Fsp3) is 0.778. The third kappa shape index (κ3) is 2.86. The highest BCUT2D eigenvalue weighted by molar-refractivity contribution is 5.75. The zero-order valence-corrected chi connectivity index (χ0v) is 14.1. The lowest BCUT2D eigenvalue weighted by Crippen LogP contribution is -2.46. The molecular weight excluding hydrogens is 288 g/mol. The Balaban J connectivity index is 1.37. The Kier molecular flexibility index (Phi) is 4.04. The van der Waals surface area contributed by atoms with Crippen molar-refractivity contribution in [3.05, 3.63) is 17.7 Å². The Morgan fingerprint density at radius 1 is 1.22 bits per heavy atom. The van der Waals surface area contributed by atoms with Gasteiger partial charge in [-0.25, -0.2) is 9.78 Å². The van der Waals surface area contributed by atoms with Crippen LogP contribution in [0.2, 0.25) is 0 Å². The first kappa shape index (κ1) is 15.0. The quantitative estimate of drug-likeness (QED) is 0.911. The van der Waals surface area contributed by atoms with Crippen molar-refractivity contribution in [3.63, 3.8) is 0 Å². The summed E-state index contributed by atoms with van der Waals surface area (Å²) >= 11 is 0. The maximum absolute atomic E-state index is 12.6. The van der Waals surface area contributed by atoms with Crippen LogP contribution < -0.4 is 5.32 Å². The molecule has 2 amide bonds. The fourth-order valence-corrected chi connectivity index (χ4v) is 4.87. The molecule has 2 aliphatic heterocycles. The second-order valence-corrected chi connectivity index (χ2v) is 7.55. The molecule has 5 heteroatoms. The molecule has 0 aromatic carbocycles. The molecule has 1 saturated carbocycles. The number of fused-ring (bicyclic) bond motifs is 2. The van der Waals surface area contributed by atoms with Gasteiger partial charge in [-0.05, 0) is 44.9 Å². The number of carbonyl (C=O) groups excluding carboxylic acids is 1. The molecule has 1 aliphatic carbocycles. The number of nitrogens with one attached hydrogen (secondary N) is 1. The smallest absolute Gasteiger partial charge is 0.317 e. The van der Waals surface area contributed by atoms with Gasteiger partial charge in [0, 0.05) is 37.8 Å². The van der Waals surface area contributed by atoms with Crippen LogP contribution in [0.25, 0.3) is 0 Å². The number of rotatable bonds is 2. The third-order valence-corrected chi connectivity index (χ3v) is 6.02. The van der Waals surface area contributed by atoms with Gasteiger partial charge in [0.05, 0.1) is 5.69 Å². The van der Waals surface area contributed by atoms with Crippen LogP contribution in [0.15, 0.2) is 6.20 Å². The van der Waals surface area contributed by atoms with Gasteiger partial charge in [-0.1, -0.05) is 12.8 Å². The van der Waals surface area contributed by atoms with Gasteiger partial charge in [-0.3, -0.25) is 0 Å². The lowest BCUT2D eigenvalue weighted by atomic mass is 9.85. The topological polar surface area (TPSA) is 50.2 Å². The number of hydrogen-bond acceptors (Lipinski definition) is 2. The Morgan fingerprint density at radius 2 is 2.09 bits per heavy atom. The molecule has 0 spiro atoms. The van der Waals surface area contributed by atoms with E-state index in [1.165, 1.54) is 38.5 Å². The molecule has 3 aliphatic rings. The van der Waals surface area contributed by atoms with Gasteiger partial charge in [0.2, 0.25) is 0 Å². The van der Waals surface area contributed by atoms with E-state index in [9.17, 15) is 4.79 Å². The molecule has 1 saturated heterocycles. The number of imidazole rings is 1. The second kappa shape index (κ2) is 6.17. The molecule has 2 fully saturated rings. The summed E-state index contributed by atoms with van der Waals surface area (Å²) in [4.78, 5) is 19.4. The van der Waals surface area contributed by atoms with Crippen LogP contribution in [-0.2, 0) is 6.54 Å². The molecule has 3 heterocycles.